The first-order valence-electron chi connectivity index (χ1n) is 10.4. The Morgan fingerprint density at radius 3 is 2.23 bits per heavy atom. The van der Waals surface area contributed by atoms with Gasteiger partial charge in [0.1, 0.15) is 0 Å². The maximum atomic E-state index is 13.1. The van der Waals surface area contributed by atoms with Gasteiger partial charge in [-0.15, -0.1) is 0 Å². The molecule has 31 heavy (non-hydrogen) atoms. The van der Waals surface area contributed by atoms with Crippen molar-refractivity contribution in [2.75, 3.05) is 13.7 Å². The Morgan fingerprint density at radius 1 is 0.935 bits per heavy atom. The van der Waals surface area contributed by atoms with E-state index in [1.807, 2.05) is 37.3 Å². The van der Waals surface area contributed by atoms with Gasteiger partial charge in [-0.05, 0) is 71.7 Å². The summed E-state index contributed by atoms with van der Waals surface area (Å²) in [5.41, 5.74) is 4.14. The van der Waals surface area contributed by atoms with Crippen LogP contribution >= 0.6 is 0 Å². The lowest BCUT2D eigenvalue weighted by Crippen LogP contribution is -2.36. The summed E-state index contributed by atoms with van der Waals surface area (Å²) in [6, 6.07) is 13.0. The molecule has 0 N–H and O–H groups in total. The molecule has 6 nitrogen and oxygen atoms in total. The van der Waals surface area contributed by atoms with E-state index in [1.54, 1.807) is 19.2 Å². The fourth-order valence-corrected chi connectivity index (χ4v) is 4.33. The van der Waals surface area contributed by atoms with Crippen LogP contribution in [0.1, 0.15) is 50.8 Å². The van der Waals surface area contributed by atoms with Gasteiger partial charge in [0, 0.05) is 5.39 Å². The number of carbonyl (C=O) groups excluding carboxylic acids is 2. The zero-order valence-corrected chi connectivity index (χ0v) is 17.5. The van der Waals surface area contributed by atoms with E-state index in [2.05, 4.69) is 5.10 Å². The fourth-order valence-electron chi connectivity index (χ4n) is 4.33. The average molecular weight is 414 g/mol. The molecule has 0 saturated carbocycles. The molecule has 2 amide bonds. The Bertz CT molecular complexity index is 1200. The van der Waals surface area contributed by atoms with Crippen molar-refractivity contribution in [1.29, 1.82) is 0 Å². The molecule has 1 heterocycles. The van der Waals surface area contributed by atoms with E-state index in [1.165, 1.54) is 17.3 Å². The molecular weight excluding hydrogens is 392 g/mol. The molecule has 0 aromatic heterocycles. The second-order valence-corrected chi connectivity index (χ2v) is 7.72. The molecule has 2 aliphatic rings. The Hall–Kier alpha value is -3.67. The lowest BCUT2D eigenvalue weighted by molar-refractivity contribution is 0.0616. The molecule has 0 fully saturated rings. The summed E-state index contributed by atoms with van der Waals surface area (Å²) >= 11 is 0. The molecule has 3 aromatic carbocycles. The molecule has 156 valence electrons. The third-order valence-electron chi connectivity index (χ3n) is 5.81. The number of hydrazone groups is 1. The van der Waals surface area contributed by atoms with Crippen LogP contribution in [0.3, 0.4) is 0 Å². The number of hydrogen-bond acceptors (Lipinski definition) is 5. The van der Waals surface area contributed by atoms with E-state index < -0.39 is 11.8 Å². The minimum absolute atomic E-state index is 0.404. The number of amides is 2. The number of hydrogen-bond donors (Lipinski definition) is 0. The highest BCUT2D eigenvalue weighted by Gasteiger charge is 2.35. The minimum atomic E-state index is -0.404. The summed E-state index contributed by atoms with van der Waals surface area (Å²) in [7, 11) is 1.57. The molecule has 0 saturated heterocycles. The van der Waals surface area contributed by atoms with E-state index in [0.717, 1.165) is 35.0 Å². The second-order valence-electron chi connectivity index (χ2n) is 7.72. The molecule has 3 aromatic rings. The summed E-state index contributed by atoms with van der Waals surface area (Å²) < 4.78 is 11.1. The molecule has 0 bridgehead atoms. The Balaban J connectivity index is 1.49. The summed E-state index contributed by atoms with van der Waals surface area (Å²) in [6.45, 7) is 2.62. The van der Waals surface area contributed by atoms with E-state index in [9.17, 15) is 9.59 Å². The summed E-state index contributed by atoms with van der Waals surface area (Å²) in [4.78, 5) is 26.2. The van der Waals surface area contributed by atoms with Gasteiger partial charge < -0.3 is 9.47 Å². The van der Waals surface area contributed by atoms with Gasteiger partial charge in [-0.1, -0.05) is 19.1 Å². The SMILES string of the molecule is CCCOc1ccc(/C=N/N2C(=O)c3ccc4c5c(ccc(c35)C2=O)CC4)cc1OC. The predicted molar refractivity (Wildman–Crippen MR) is 118 cm³/mol. The van der Waals surface area contributed by atoms with Crippen LogP contribution in [0.2, 0.25) is 0 Å². The largest absolute Gasteiger partial charge is 0.493 e. The third-order valence-corrected chi connectivity index (χ3v) is 5.81. The monoisotopic (exact) mass is 414 g/mol. The lowest BCUT2D eigenvalue weighted by Gasteiger charge is -2.23. The van der Waals surface area contributed by atoms with Crippen molar-refractivity contribution in [2.24, 2.45) is 5.10 Å². The maximum Gasteiger partial charge on any atom is 0.282 e. The van der Waals surface area contributed by atoms with Gasteiger partial charge in [-0.3, -0.25) is 9.59 Å². The van der Waals surface area contributed by atoms with Crippen molar-refractivity contribution < 1.29 is 19.1 Å². The van der Waals surface area contributed by atoms with Crippen molar-refractivity contribution >= 4 is 28.8 Å². The normalized spacial score (nSPS) is 14.7. The first kappa shape index (κ1) is 19.3. The van der Waals surface area contributed by atoms with Crippen LogP contribution in [0.5, 0.6) is 11.5 Å². The van der Waals surface area contributed by atoms with Crippen molar-refractivity contribution in [3.63, 3.8) is 0 Å². The van der Waals surface area contributed by atoms with Gasteiger partial charge in [0.25, 0.3) is 11.8 Å². The topological polar surface area (TPSA) is 68.2 Å². The molecule has 0 atom stereocenters. The number of methoxy groups -OCH3 is 1. The fraction of sp³-hybridized carbons (Fsp3) is 0.240. The molecular formula is C25H22N2O4. The van der Waals surface area contributed by atoms with Crippen molar-refractivity contribution in [3.8, 4) is 11.5 Å². The Labute approximate surface area is 180 Å². The molecule has 0 unspecified atom stereocenters. The van der Waals surface area contributed by atoms with E-state index >= 15 is 0 Å². The second kappa shape index (κ2) is 7.54. The molecule has 0 radical (unpaired) electrons. The van der Waals surface area contributed by atoms with Crippen LogP contribution in [0.15, 0.2) is 47.6 Å². The predicted octanol–water partition coefficient (Wildman–Crippen LogP) is 4.37. The Morgan fingerprint density at radius 2 is 1.61 bits per heavy atom. The zero-order chi connectivity index (χ0) is 21.5. The van der Waals surface area contributed by atoms with E-state index in [-0.39, 0.29) is 0 Å². The number of carbonyl (C=O) groups is 2. The van der Waals surface area contributed by atoms with Crippen molar-refractivity contribution in [2.45, 2.75) is 26.2 Å². The zero-order valence-electron chi connectivity index (χ0n) is 17.5. The van der Waals surface area contributed by atoms with Crippen LogP contribution in [-0.4, -0.2) is 36.8 Å². The summed E-state index contributed by atoms with van der Waals surface area (Å²) in [5.74, 6) is 0.407. The lowest BCUT2D eigenvalue weighted by atomic mass is 9.92. The quantitative estimate of drug-likeness (QED) is 0.444. The standard InChI is InChI=1S/C25H22N2O4/c1-3-12-31-20-11-4-15(13-21(20)30-2)14-26-27-24(28)18-9-7-16-5-6-17-8-10-19(25(27)29)23(18)22(16)17/h4,7-11,13-14H,3,5-6,12H2,1-2H3/b26-14+. The molecule has 1 aliphatic heterocycles. The number of imide groups is 1. The smallest absolute Gasteiger partial charge is 0.282 e. The first-order chi connectivity index (χ1) is 15.1. The minimum Gasteiger partial charge on any atom is -0.493 e. The van der Waals surface area contributed by atoms with Gasteiger partial charge >= 0.3 is 0 Å². The van der Waals surface area contributed by atoms with Crippen molar-refractivity contribution in [1.82, 2.24) is 5.01 Å². The summed E-state index contributed by atoms with van der Waals surface area (Å²) in [6.07, 6.45) is 4.27. The number of rotatable bonds is 6. The van der Waals surface area contributed by atoms with Crippen LogP contribution in [-0.2, 0) is 12.8 Å². The van der Waals surface area contributed by atoms with Gasteiger partial charge in [-0.2, -0.15) is 10.1 Å². The highest BCUT2D eigenvalue weighted by Crippen LogP contribution is 2.38. The van der Waals surface area contributed by atoms with E-state index in [4.69, 9.17) is 9.47 Å². The van der Waals surface area contributed by atoms with E-state index in [0.29, 0.717) is 34.8 Å². The highest BCUT2D eigenvalue weighted by atomic mass is 16.5. The molecule has 0 spiro atoms. The van der Waals surface area contributed by atoms with Gasteiger partial charge in [0.2, 0.25) is 0 Å². The third kappa shape index (κ3) is 3.06. The number of aryl methyl sites for hydroxylation is 2. The van der Waals surface area contributed by atoms with Crippen LogP contribution in [0.25, 0.3) is 10.8 Å². The average Bonchev–Trinajstić information content (AvgIpc) is 3.22. The molecule has 6 heteroatoms. The molecule has 1 aliphatic carbocycles. The maximum absolute atomic E-state index is 13.1. The molecule has 5 rings (SSSR count). The van der Waals surface area contributed by atoms with Gasteiger partial charge in [0.05, 0.1) is 31.1 Å². The van der Waals surface area contributed by atoms with Crippen LogP contribution in [0, 0.1) is 0 Å². The number of benzene rings is 3. The van der Waals surface area contributed by atoms with Gasteiger partial charge in [-0.25, -0.2) is 0 Å². The van der Waals surface area contributed by atoms with Crippen LogP contribution < -0.4 is 9.47 Å². The first-order valence-corrected chi connectivity index (χ1v) is 10.4. The van der Waals surface area contributed by atoms with Crippen LogP contribution in [0.4, 0.5) is 0 Å². The number of ether oxygens (including phenoxy) is 2. The van der Waals surface area contributed by atoms with Crippen molar-refractivity contribution in [3.05, 3.63) is 70.3 Å². The highest BCUT2D eigenvalue weighted by molar-refractivity contribution is 6.26. The summed E-state index contributed by atoms with van der Waals surface area (Å²) in [5, 5.41) is 7.02. The Kier molecular flexibility index (Phi) is 4.70. The van der Waals surface area contributed by atoms with Gasteiger partial charge in [0.15, 0.2) is 11.5 Å². The number of nitrogens with zero attached hydrogens (tertiary/aromatic N) is 2.